The van der Waals surface area contributed by atoms with Crippen LogP contribution in [0.1, 0.15) is 34.6 Å². The molecule has 0 amide bonds. The van der Waals surface area contributed by atoms with E-state index in [0.717, 1.165) is 30.7 Å². The quantitative estimate of drug-likeness (QED) is 0.409. The lowest BCUT2D eigenvalue weighted by Crippen LogP contribution is -2.43. The summed E-state index contributed by atoms with van der Waals surface area (Å²) in [5.41, 5.74) is 2.06. The molecule has 0 radical (unpaired) electrons. The van der Waals surface area contributed by atoms with Crippen LogP contribution in [0.15, 0.2) is 42.5 Å². The average molecular weight is 484 g/mol. The molecule has 0 aliphatic carbocycles. The standard InChI is InChI=1S/C21H33N5O4S2/c1-7-26(8-2)18-12-9-16(10-13-18)22-19-14-11-17(23-31(6,27)28)15-20(19)24-32(29,30)25-21(3,4)5/h9-15,22-25H,7-8H2,1-6H3. The van der Waals surface area contributed by atoms with Crippen LogP contribution in [-0.4, -0.2) is 41.7 Å². The predicted molar refractivity (Wildman–Crippen MR) is 134 cm³/mol. The highest BCUT2D eigenvalue weighted by atomic mass is 32.2. The second kappa shape index (κ2) is 9.97. The van der Waals surface area contributed by atoms with Gasteiger partial charge in [-0.3, -0.25) is 9.44 Å². The third-order valence-electron chi connectivity index (χ3n) is 4.28. The number of rotatable bonds is 10. The van der Waals surface area contributed by atoms with Gasteiger partial charge in [-0.15, -0.1) is 0 Å². The number of anilines is 5. The van der Waals surface area contributed by atoms with Crippen LogP contribution >= 0.6 is 0 Å². The number of hydrogen-bond acceptors (Lipinski definition) is 6. The van der Waals surface area contributed by atoms with Crippen molar-refractivity contribution in [1.82, 2.24) is 4.72 Å². The summed E-state index contributed by atoms with van der Waals surface area (Å²) in [6.07, 6.45) is 1.03. The minimum atomic E-state index is -3.92. The molecule has 9 nitrogen and oxygen atoms in total. The molecule has 0 spiro atoms. The van der Waals surface area contributed by atoms with E-state index in [9.17, 15) is 16.8 Å². The Morgan fingerprint density at radius 1 is 0.812 bits per heavy atom. The van der Waals surface area contributed by atoms with E-state index in [4.69, 9.17) is 0 Å². The van der Waals surface area contributed by atoms with Gasteiger partial charge in [-0.2, -0.15) is 13.1 Å². The molecule has 0 saturated carbocycles. The zero-order chi connectivity index (χ0) is 24.2. The maximum atomic E-state index is 12.6. The number of hydrogen-bond donors (Lipinski definition) is 4. The van der Waals surface area contributed by atoms with E-state index in [1.165, 1.54) is 6.07 Å². The van der Waals surface area contributed by atoms with Crippen molar-refractivity contribution in [2.45, 2.75) is 40.2 Å². The third-order valence-corrected chi connectivity index (χ3v) is 6.26. The molecule has 0 aliphatic heterocycles. The highest BCUT2D eigenvalue weighted by molar-refractivity contribution is 7.92. The zero-order valence-electron chi connectivity index (χ0n) is 19.4. The lowest BCUT2D eigenvalue weighted by atomic mass is 10.1. The topological polar surface area (TPSA) is 120 Å². The van der Waals surface area contributed by atoms with Crippen molar-refractivity contribution >= 4 is 48.7 Å². The van der Waals surface area contributed by atoms with Crippen molar-refractivity contribution in [2.75, 3.05) is 39.0 Å². The Kier molecular flexibility index (Phi) is 8.02. The van der Waals surface area contributed by atoms with E-state index in [2.05, 4.69) is 38.2 Å². The normalized spacial score (nSPS) is 12.3. The van der Waals surface area contributed by atoms with Crippen molar-refractivity contribution < 1.29 is 16.8 Å². The van der Waals surface area contributed by atoms with Gasteiger partial charge in [-0.25, -0.2) is 8.42 Å². The summed E-state index contributed by atoms with van der Waals surface area (Å²) in [6.45, 7) is 11.1. The monoisotopic (exact) mass is 483 g/mol. The highest BCUT2D eigenvalue weighted by Crippen LogP contribution is 2.31. The first-order chi connectivity index (χ1) is 14.7. The Balaban J connectivity index is 2.38. The van der Waals surface area contributed by atoms with Crippen molar-refractivity contribution in [3.63, 3.8) is 0 Å². The van der Waals surface area contributed by atoms with Gasteiger partial charge in [0.15, 0.2) is 0 Å². The molecule has 2 aromatic carbocycles. The number of nitrogens with zero attached hydrogens (tertiary/aromatic N) is 1. The SMILES string of the molecule is CCN(CC)c1ccc(Nc2ccc(NS(C)(=O)=O)cc2NS(=O)(=O)NC(C)(C)C)cc1. The second-order valence-electron chi connectivity index (χ2n) is 8.44. The molecule has 0 heterocycles. The van der Waals surface area contributed by atoms with E-state index in [1.54, 1.807) is 32.9 Å². The lowest BCUT2D eigenvalue weighted by molar-refractivity contribution is 0.494. The van der Waals surface area contributed by atoms with Crippen LogP contribution in [0.2, 0.25) is 0 Å². The van der Waals surface area contributed by atoms with Gasteiger partial charge in [0, 0.05) is 30.0 Å². The van der Waals surface area contributed by atoms with Gasteiger partial charge in [-0.1, -0.05) is 0 Å². The maximum absolute atomic E-state index is 12.6. The van der Waals surface area contributed by atoms with Crippen LogP contribution < -0.4 is 24.4 Å². The van der Waals surface area contributed by atoms with Gasteiger partial charge >= 0.3 is 0 Å². The van der Waals surface area contributed by atoms with Gasteiger partial charge in [-0.05, 0) is 77.1 Å². The summed E-state index contributed by atoms with van der Waals surface area (Å²) >= 11 is 0. The third kappa shape index (κ3) is 8.21. The molecule has 178 valence electrons. The molecule has 0 aliphatic rings. The molecule has 0 fully saturated rings. The van der Waals surface area contributed by atoms with Crippen molar-refractivity contribution in [2.24, 2.45) is 0 Å². The maximum Gasteiger partial charge on any atom is 0.299 e. The van der Waals surface area contributed by atoms with Crippen molar-refractivity contribution in [1.29, 1.82) is 0 Å². The number of sulfonamides is 1. The van der Waals surface area contributed by atoms with Gasteiger partial charge in [0.1, 0.15) is 0 Å². The van der Waals surface area contributed by atoms with E-state index < -0.39 is 25.8 Å². The van der Waals surface area contributed by atoms with Crippen LogP contribution in [0.4, 0.5) is 28.4 Å². The largest absolute Gasteiger partial charge is 0.372 e. The minimum absolute atomic E-state index is 0.197. The predicted octanol–water partition coefficient (Wildman–Crippen LogP) is 3.69. The summed E-state index contributed by atoms with van der Waals surface area (Å²) in [4.78, 5) is 2.22. The van der Waals surface area contributed by atoms with Crippen LogP contribution in [0.3, 0.4) is 0 Å². The summed E-state index contributed by atoms with van der Waals surface area (Å²) in [7, 11) is -7.44. The van der Waals surface area contributed by atoms with Gasteiger partial charge in [0.05, 0.1) is 23.3 Å². The van der Waals surface area contributed by atoms with E-state index in [-0.39, 0.29) is 11.4 Å². The minimum Gasteiger partial charge on any atom is -0.372 e. The molecule has 0 aromatic heterocycles. The molecule has 2 rings (SSSR count). The van der Waals surface area contributed by atoms with Gasteiger partial charge < -0.3 is 10.2 Å². The number of benzene rings is 2. The summed E-state index contributed by atoms with van der Waals surface area (Å²) < 4.78 is 55.8. The first-order valence-electron chi connectivity index (χ1n) is 10.3. The first-order valence-corrected chi connectivity index (χ1v) is 13.6. The Hall–Kier alpha value is -2.50. The zero-order valence-corrected chi connectivity index (χ0v) is 21.0. The van der Waals surface area contributed by atoms with Crippen LogP contribution in [0.5, 0.6) is 0 Å². The van der Waals surface area contributed by atoms with Gasteiger partial charge in [0.25, 0.3) is 10.2 Å². The fourth-order valence-electron chi connectivity index (χ4n) is 3.09. The van der Waals surface area contributed by atoms with E-state index in [1.807, 2.05) is 24.3 Å². The van der Waals surface area contributed by atoms with Crippen LogP contribution in [0, 0.1) is 0 Å². The molecule has 0 saturated heterocycles. The fourth-order valence-corrected chi connectivity index (χ4v) is 4.96. The first kappa shape index (κ1) is 25.8. The molecule has 2 aromatic rings. The average Bonchev–Trinajstić information content (AvgIpc) is 2.62. The van der Waals surface area contributed by atoms with Crippen molar-refractivity contribution in [3.8, 4) is 0 Å². The Bertz CT molecular complexity index is 1120. The highest BCUT2D eigenvalue weighted by Gasteiger charge is 2.21. The summed E-state index contributed by atoms with van der Waals surface area (Å²) in [5, 5.41) is 3.20. The van der Waals surface area contributed by atoms with Gasteiger partial charge in [0.2, 0.25) is 10.0 Å². The fraction of sp³-hybridized carbons (Fsp3) is 0.429. The molecule has 0 unspecified atom stereocenters. The Morgan fingerprint density at radius 2 is 1.38 bits per heavy atom. The van der Waals surface area contributed by atoms with E-state index >= 15 is 0 Å². The molecule has 32 heavy (non-hydrogen) atoms. The Labute approximate surface area is 191 Å². The summed E-state index contributed by atoms with van der Waals surface area (Å²) in [6, 6.07) is 12.4. The summed E-state index contributed by atoms with van der Waals surface area (Å²) in [5.74, 6) is 0. The second-order valence-corrected chi connectivity index (χ2v) is 11.6. The Morgan fingerprint density at radius 3 is 1.88 bits per heavy atom. The van der Waals surface area contributed by atoms with Crippen molar-refractivity contribution in [3.05, 3.63) is 42.5 Å². The smallest absolute Gasteiger partial charge is 0.299 e. The molecule has 4 N–H and O–H groups in total. The molecule has 0 bridgehead atoms. The molecular weight excluding hydrogens is 450 g/mol. The van der Waals surface area contributed by atoms with Crippen LogP contribution in [0.25, 0.3) is 0 Å². The molecule has 0 atom stereocenters. The lowest BCUT2D eigenvalue weighted by Gasteiger charge is -2.23. The molecule has 11 heteroatoms. The number of nitrogens with one attached hydrogen (secondary N) is 4. The van der Waals surface area contributed by atoms with E-state index in [0.29, 0.717) is 5.69 Å². The molecular formula is C21H33N5O4S2. The van der Waals surface area contributed by atoms with Crippen LogP contribution in [-0.2, 0) is 20.2 Å².